The van der Waals surface area contributed by atoms with E-state index in [0.29, 0.717) is 11.8 Å². The molecule has 0 bridgehead atoms. The Bertz CT molecular complexity index is 246. The molecule has 0 saturated carbocycles. The monoisotopic (exact) mass is 227 g/mol. The topological polar surface area (TPSA) is 49.4 Å². The Kier molecular flexibility index (Phi) is 4.36. The molecule has 1 aliphatic rings. The van der Waals surface area contributed by atoms with Gasteiger partial charge in [-0.3, -0.25) is 0 Å². The molecule has 94 valence electrons. The molecule has 0 aromatic carbocycles. The smallest absolute Gasteiger partial charge is 0.0629 e. The van der Waals surface area contributed by atoms with Gasteiger partial charge >= 0.3 is 0 Å². The molecule has 1 fully saturated rings. The van der Waals surface area contributed by atoms with Crippen molar-refractivity contribution in [2.45, 2.75) is 52.6 Å². The number of ether oxygens (including phenoxy) is 1. The number of carboxylic acid groups (broad SMARTS) is 1. The van der Waals surface area contributed by atoms with Gasteiger partial charge < -0.3 is 14.6 Å². The van der Waals surface area contributed by atoms with Crippen molar-refractivity contribution in [3.8, 4) is 0 Å². The number of hydrogen-bond donors (Lipinski definition) is 0. The van der Waals surface area contributed by atoms with Crippen molar-refractivity contribution in [3.63, 3.8) is 0 Å². The minimum atomic E-state index is -0.928. The summed E-state index contributed by atoms with van der Waals surface area (Å²) in [6.45, 7) is 9.09. The fourth-order valence-electron chi connectivity index (χ4n) is 2.78. The van der Waals surface area contributed by atoms with Crippen LogP contribution in [0.15, 0.2) is 0 Å². The zero-order valence-corrected chi connectivity index (χ0v) is 10.8. The molecule has 0 unspecified atom stereocenters. The quantitative estimate of drug-likeness (QED) is 0.733. The molecule has 1 saturated heterocycles. The number of carbonyl (C=O) groups is 1. The SMILES string of the molecule is CC(C)[C@H](CC(=O)[O-])[C@H]1CCOC(C)(C)C1. The number of aliphatic carboxylic acids is 1. The molecule has 0 radical (unpaired) electrons. The van der Waals surface area contributed by atoms with E-state index in [1.165, 1.54) is 0 Å². The van der Waals surface area contributed by atoms with Crippen LogP contribution in [-0.4, -0.2) is 18.2 Å². The van der Waals surface area contributed by atoms with E-state index >= 15 is 0 Å². The first-order valence-corrected chi connectivity index (χ1v) is 6.15. The standard InChI is InChI=1S/C13H24O3/c1-9(2)11(7-12(14)15)10-5-6-16-13(3,4)8-10/h9-11H,5-8H2,1-4H3,(H,14,15)/p-1/t10-,11-/m0/s1. The fourth-order valence-corrected chi connectivity index (χ4v) is 2.78. The van der Waals surface area contributed by atoms with Crippen LogP contribution in [0.4, 0.5) is 0 Å². The summed E-state index contributed by atoms with van der Waals surface area (Å²) in [6, 6.07) is 0. The van der Waals surface area contributed by atoms with Gasteiger partial charge in [-0.2, -0.15) is 0 Å². The van der Waals surface area contributed by atoms with Gasteiger partial charge in [0.1, 0.15) is 0 Å². The van der Waals surface area contributed by atoms with Gasteiger partial charge in [0.05, 0.1) is 5.60 Å². The van der Waals surface area contributed by atoms with Crippen molar-refractivity contribution < 1.29 is 14.6 Å². The van der Waals surface area contributed by atoms with Gasteiger partial charge in [0.2, 0.25) is 0 Å². The zero-order chi connectivity index (χ0) is 12.3. The normalized spacial score (nSPS) is 26.7. The van der Waals surface area contributed by atoms with Crippen LogP contribution >= 0.6 is 0 Å². The van der Waals surface area contributed by atoms with E-state index in [1.807, 2.05) is 0 Å². The molecule has 16 heavy (non-hydrogen) atoms. The molecular formula is C13H23O3-. The summed E-state index contributed by atoms with van der Waals surface area (Å²) in [6.07, 6.45) is 2.10. The molecule has 1 heterocycles. The van der Waals surface area contributed by atoms with Crippen molar-refractivity contribution >= 4 is 5.97 Å². The lowest BCUT2D eigenvalue weighted by Crippen LogP contribution is -2.40. The van der Waals surface area contributed by atoms with E-state index in [0.717, 1.165) is 19.4 Å². The summed E-state index contributed by atoms with van der Waals surface area (Å²) >= 11 is 0. The van der Waals surface area contributed by atoms with Crippen LogP contribution < -0.4 is 5.11 Å². The van der Waals surface area contributed by atoms with Crippen molar-refractivity contribution in [3.05, 3.63) is 0 Å². The van der Waals surface area contributed by atoms with Gasteiger partial charge in [0, 0.05) is 12.6 Å². The summed E-state index contributed by atoms with van der Waals surface area (Å²) in [4.78, 5) is 10.8. The van der Waals surface area contributed by atoms with Crippen molar-refractivity contribution in [2.75, 3.05) is 6.61 Å². The first-order chi connectivity index (χ1) is 7.32. The maximum Gasteiger partial charge on any atom is 0.0629 e. The predicted octanol–water partition coefficient (Wildman–Crippen LogP) is 1.60. The average molecular weight is 227 g/mol. The second-order valence-electron chi connectivity index (χ2n) is 5.85. The lowest BCUT2D eigenvalue weighted by molar-refractivity contribution is -0.307. The van der Waals surface area contributed by atoms with Crippen LogP contribution in [0.2, 0.25) is 0 Å². The van der Waals surface area contributed by atoms with E-state index in [4.69, 9.17) is 4.74 Å². The summed E-state index contributed by atoms with van der Waals surface area (Å²) in [5, 5.41) is 10.8. The largest absolute Gasteiger partial charge is 0.550 e. The molecular weight excluding hydrogens is 204 g/mol. The Morgan fingerprint density at radius 3 is 2.56 bits per heavy atom. The second-order valence-corrected chi connectivity index (χ2v) is 5.85. The third kappa shape index (κ3) is 3.78. The minimum absolute atomic E-state index is 0.109. The van der Waals surface area contributed by atoms with E-state index in [2.05, 4.69) is 27.7 Å². The highest BCUT2D eigenvalue weighted by atomic mass is 16.5. The van der Waals surface area contributed by atoms with Crippen LogP contribution in [0.5, 0.6) is 0 Å². The Morgan fingerprint density at radius 1 is 1.50 bits per heavy atom. The number of carboxylic acids is 1. The Balaban J connectivity index is 2.67. The van der Waals surface area contributed by atoms with Gasteiger partial charge in [-0.25, -0.2) is 0 Å². The molecule has 0 aromatic heterocycles. The molecule has 1 rings (SSSR count). The van der Waals surface area contributed by atoms with Gasteiger partial charge in [0.15, 0.2) is 0 Å². The summed E-state index contributed by atoms with van der Waals surface area (Å²) in [7, 11) is 0. The molecule has 0 aliphatic carbocycles. The third-order valence-electron chi connectivity index (χ3n) is 3.60. The van der Waals surface area contributed by atoms with Crippen molar-refractivity contribution in [2.24, 2.45) is 17.8 Å². The van der Waals surface area contributed by atoms with Crippen molar-refractivity contribution in [1.82, 2.24) is 0 Å². The van der Waals surface area contributed by atoms with Gasteiger partial charge in [-0.1, -0.05) is 13.8 Å². The van der Waals surface area contributed by atoms with Crippen LogP contribution in [-0.2, 0) is 9.53 Å². The third-order valence-corrected chi connectivity index (χ3v) is 3.60. The Morgan fingerprint density at radius 2 is 2.12 bits per heavy atom. The van der Waals surface area contributed by atoms with Gasteiger partial charge in [-0.05, 0) is 50.9 Å². The molecule has 0 amide bonds. The molecule has 0 spiro atoms. The maximum absolute atomic E-state index is 10.8. The molecule has 2 atom stereocenters. The summed E-state index contributed by atoms with van der Waals surface area (Å²) in [5.74, 6) is 0.120. The van der Waals surface area contributed by atoms with Gasteiger partial charge in [-0.15, -0.1) is 0 Å². The van der Waals surface area contributed by atoms with Crippen LogP contribution in [0, 0.1) is 17.8 Å². The Labute approximate surface area is 98.2 Å². The van der Waals surface area contributed by atoms with E-state index in [-0.39, 0.29) is 17.9 Å². The van der Waals surface area contributed by atoms with Gasteiger partial charge in [0.25, 0.3) is 0 Å². The molecule has 1 aliphatic heterocycles. The highest BCUT2D eigenvalue weighted by molar-refractivity contribution is 5.64. The van der Waals surface area contributed by atoms with Crippen molar-refractivity contribution in [1.29, 1.82) is 0 Å². The fraction of sp³-hybridized carbons (Fsp3) is 0.923. The lowest BCUT2D eigenvalue weighted by atomic mass is 9.73. The zero-order valence-electron chi connectivity index (χ0n) is 10.8. The summed E-state index contributed by atoms with van der Waals surface area (Å²) < 4.78 is 5.67. The minimum Gasteiger partial charge on any atom is -0.550 e. The summed E-state index contributed by atoms with van der Waals surface area (Å²) in [5.41, 5.74) is -0.109. The van der Waals surface area contributed by atoms with Crippen LogP contribution in [0.3, 0.4) is 0 Å². The number of hydrogen-bond acceptors (Lipinski definition) is 3. The molecule has 0 aromatic rings. The first kappa shape index (κ1) is 13.5. The maximum atomic E-state index is 10.8. The Hall–Kier alpha value is -0.570. The average Bonchev–Trinajstić information content (AvgIpc) is 2.11. The first-order valence-electron chi connectivity index (χ1n) is 6.15. The highest BCUT2D eigenvalue weighted by Gasteiger charge is 2.34. The molecule has 0 N–H and O–H groups in total. The second kappa shape index (κ2) is 5.17. The predicted molar refractivity (Wildman–Crippen MR) is 60.7 cm³/mol. The van der Waals surface area contributed by atoms with E-state index in [9.17, 15) is 9.90 Å². The molecule has 3 heteroatoms. The van der Waals surface area contributed by atoms with Crippen LogP contribution in [0.25, 0.3) is 0 Å². The number of rotatable bonds is 4. The number of carbonyl (C=O) groups excluding carboxylic acids is 1. The van der Waals surface area contributed by atoms with E-state index < -0.39 is 5.97 Å². The lowest BCUT2D eigenvalue weighted by Gasteiger charge is -2.40. The van der Waals surface area contributed by atoms with Crippen LogP contribution in [0.1, 0.15) is 47.0 Å². The van der Waals surface area contributed by atoms with E-state index in [1.54, 1.807) is 0 Å². The highest BCUT2D eigenvalue weighted by Crippen LogP contribution is 2.37. The molecule has 3 nitrogen and oxygen atoms in total.